The molecule has 3 fully saturated rings. The molecule has 29 heteroatoms. The van der Waals surface area contributed by atoms with Gasteiger partial charge in [-0.05, 0) is 25.8 Å². The Labute approximate surface area is 744 Å². The van der Waals surface area contributed by atoms with E-state index in [0.29, 0.717) is 155 Å². The molecule has 0 bridgehead atoms. The summed E-state index contributed by atoms with van der Waals surface area (Å²) in [5.74, 6) is -2.62. The molecule has 3 aliphatic rings. The summed E-state index contributed by atoms with van der Waals surface area (Å²) in [5, 5.41) is 60.2. The van der Waals surface area contributed by atoms with E-state index < -0.39 is 18.3 Å². The molecular formula is C96H97Cl4F4N21. The van der Waals surface area contributed by atoms with Crippen LogP contribution < -0.4 is 0 Å². The molecule has 21 nitrogen and oxygen atoms in total. The Morgan fingerprint density at radius 2 is 0.624 bits per heavy atom. The number of aryl methyl sites for hydroxylation is 3. The van der Waals surface area contributed by atoms with Crippen LogP contribution >= 0.6 is 46.4 Å². The molecule has 9 aromatic heterocycles. The van der Waals surface area contributed by atoms with Gasteiger partial charge >= 0.3 is 0 Å². The van der Waals surface area contributed by atoms with Crippen molar-refractivity contribution in [3.8, 4) is 90.1 Å². The fourth-order valence-electron chi connectivity index (χ4n) is 15.5. The lowest BCUT2D eigenvalue weighted by atomic mass is 10.1. The molecule has 642 valence electrons. The van der Waals surface area contributed by atoms with Crippen molar-refractivity contribution >= 4 is 90.5 Å². The van der Waals surface area contributed by atoms with Gasteiger partial charge in [0, 0.05) is 122 Å². The number of benzene rings is 8. The van der Waals surface area contributed by atoms with Gasteiger partial charge in [0.25, 0.3) is 5.92 Å². The van der Waals surface area contributed by atoms with Crippen LogP contribution in [-0.2, 0) is 32.7 Å². The number of nitrogens with zero attached hydrogens (tertiary/aromatic N) is 21. The van der Waals surface area contributed by atoms with Crippen molar-refractivity contribution in [2.75, 3.05) is 58.9 Å². The van der Waals surface area contributed by atoms with Crippen molar-refractivity contribution in [2.45, 2.75) is 107 Å². The van der Waals surface area contributed by atoms with E-state index in [4.69, 9.17) is 66.8 Å². The minimum Gasteiger partial charge on any atom is -0.336 e. The molecule has 3 saturated heterocycles. The minimum absolute atomic E-state index is 0. The van der Waals surface area contributed by atoms with Crippen molar-refractivity contribution in [1.82, 2.24) is 104 Å². The average molecular weight is 1760 g/mol. The van der Waals surface area contributed by atoms with E-state index in [9.17, 15) is 17.6 Å². The fourth-order valence-corrected chi connectivity index (χ4v) is 16.8. The van der Waals surface area contributed by atoms with Gasteiger partial charge in [0.05, 0.1) is 80.7 Å². The van der Waals surface area contributed by atoms with Gasteiger partial charge in [-0.15, -0.1) is 40.8 Å². The lowest BCUT2D eigenvalue weighted by Gasteiger charge is -2.15. The Kier molecular flexibility index (Phi) is 29.8. The Bertz CT molecular complexity index is 6210. The zero-order valence-corrected chi connectivity index (χ0v) is 68.9. The van der Waals surface area contributed by atoms with Crippen LogP contribution in [0.3, 0.4) is 0 Å². The number of alkyl halides is 4. The van der Waals surface area contributed by atoms with Crippen LogP contribution in [0.4, 0.5) is 17.6 Å². The summed E-state index contributed by atoms with van der Waals surface area (Å²) in [6.07, 6.45) is 5.11. The molecule has 0 N–H and O–H groups in total. The van der Waals surface area contributed by atoms with Crippen LogP contribution in [-0.4, -0.2) is 181 Å². The first-order valence-electron chi connectivity index (χ1n) is 40.1. The number of aromatic nitrogens is 18. The number of likely N-dealkylation sites (tertiary alicyclic amines) is 3. The summed E-state index contributed by atoms with van der Waals surface area (Å²) in [7, 11) is 0. The molecule has 8 aromatic carbocycles. The second-order valence-corrected chi connectivity index (χ2v) is 31.5. The third kappa shape index (κ3) is 20.3. The fraction of sp³-hybridized carbons (Fsp3) is 0.260. The van der Waals surface area contributed by atoms with Gasteiger partial charge in [-0.25, -0.2) is 41.3 Å². The maximum atomic E-state index is 13.6. The van der Waals surface area contributed by atoms with Gasteiger partial charge in [0.15, 0.2) is 22.6 Å². The maximum Gasteiger partial charge on any atom is 0.261 e. The van der Waals surface area contributed by atoms with Gasteiger partial charge in [0.1, 0.15) is 57.9 Å². The summed E-state index contributed by atoms with van der Waals surface area (Å²) in [4.78, 5) is 10.1. The molecule has 17 aromatic rings. The third-order valence-corrected chi connectivity index (χ3v) is 23.2. The second kappa shape index (κ2) is 41.2. The maximum absolute atomic E-state index is 13.6. The van der Waals surface area contributed by atoms with Crippen LogP contribution in [0.5, 0.6) is 0 Å². The van der Waals surface area contributed by atoms with Crippen molar-refractivity contribution in [3.05, 3.63) is 281 Å². The van der Waals surface area contributed by atoms with Crippen LogP contribution in [0, 0.1) is 6.92 Å². The molecule has 0 aliphatic carbocycles. The number of halogens is 8. The summed E-state index contributed by atoms with van der Waals surface area (Å²) < 4.78 is 63.5. The predicted octanol–water partition coefficient (Wildman–Crippen LogP) is 22.4. The first kappa shape index (κ1) is 90.7. The molecule has 20 rings (SSSR count). The van der Waals surface area contributed by atoms with Gasteiger partial charge < -0.3 is 4.57 Å². The van der Waals surface area contributed by atoms with E-state index in [1.165, 1.54) is 0 Å². The van der Waals surface area contributed by atoms with Crippen LogP contribution in [0.25, 0.3) is 134 Å². The van der Waals surface area contributed by atoms with Gasteiger partial charge in [0.2, 0.25) is 0 Å². The minimum atomic E-state index is -2.62. The largest absolute Gasteiger partial charge is 0.336 e. The number of hydrogen-bond donors (Lipinski definition) is 0. The number of hydrogen-bond acceptors (Lipinski definition) is 16. The zero-order valence-electron chi connectivity index (χ0n) is 65.8. The summed E-state index contributed by atoms with van der Waals surface area (Å²) in [6, 6.07) is 77.0. The lowest BCUT2D eigenvalue weighted by Crippen LogP contribution is -2.28. The number of imidazole rings is 1. The van der Waals surface area contributed by atoms with Gasteiger partial charge in [-0.3, -0.25) is 14.7 Å². The monoisotopic (exact) mass is 1760 g/mol. The molecule has 0 saturated carbocycles. The van der Waals surface area contributed by atoms with Crippen molar-refractivity contribution in [1.29, 1.82) is 0 Å². The lowest BCUT2D eigenvalue weighted by molar-refractivity contribution is 0.0119. The zero-order chi connectivity index (χ0) is 82.9. The first-order chi connectivity index (χ1) is 59.1. The quantitative estimate of drug-likeness (QED) is 0.0651. The van der Waals surface area contributed by atoms with E-state index in [1.807, 2.05) is 249 Å². The SMILES string of the molecule is C.C.C.C.Cc1cccc(-c2nn(CCn3ccnc3)c3nnc(-c4ccccc4)c(Cl)c23)c1.FC1(F)CCN(CCn2nc(-c3ccccc3)c3c(Cl)c(-c4ccccc4)nnc32)C1.F[C@@H]1CCN(CCn2nc(-c3ccccc3)c3c(Cl)c(-c4ccccc4)nnc32)C1.F[C@H]1CCN(CCn2nc(-c3ccccc3)c3c(Cl)c(-c4ccccc4)nnc32)C1. The molecule has 0 unspecified atom stereocenters. The highest BCUT2D eigenvalue weighted by Gasteiger charge is 2.38. The van der Waals surface area contributed by atoms with E-state index >= 15 is 0 Å². The topological polar surface area (TPSA) is 202 Å². The Morgan fingerprint density at radius 3 is 0.896 bits per heavy atom. The molecular weight excluding hydrogens is 1670 g/mol. The Hall–Kier alpha value is -12.1. The Balaban J connectivity index is 0.000000142. The smallest absolute Gasteiger partial charge is 0.261 e. The standard InChI is InChI=1S/C23H20ClF2N5.2C23H21ClFN5.C23H19ClN6.4CH4/c24-19-18-20(16-7-3-1-4-8-16)29-31(14-13-30-12-11-23(25,26)15-30)22(18)28-27-21(19)17-9-5-2-6-10-17;2*24-20-19-21(16-7-3-1-4-8-16)28-30(14-13-29-12-11-18(25)15-29)23(19)27-26-22(20)17-9-5-2-6-10-17;1-16-6-5-9-18(14-16)21-19-20(24)22(17-7-3-2-4-8-17)26-27-23(19)30(28-21)13-12-29-11-10-25-15-29;;;;/h1-10H,11-15H2;2*1-10,18H,11-15H2;2-11,14-15H,12-13H2,1H3;4*1H4/t;2*18-;;;;;/m.10...../s1. The molecule has 0 amide bonds. The molecule has 12 heterocycles. The normalized spacial score (nSPS) is 14.9. The van der Waals surface area contributed by atoms with Gasteiger partial charge in [-0.1, -0.05) is 312 Å². The van der Waals surface area contributed by atoms with E-state index in [1.54, 1.807) is 22.1 Å². The average Bonchev–Trinajstić information content (AvgIpc) is 1.56. The van der Waals surface area contributed by atoms with Crippen LogP contribution in [0.2, 0.25) is 20.1 Å². The van der Waals surface area contributed by atoms with Crippen molar-refractivity contribution in [2.24, 2.45) is 0 Å². The third-order valence-electron chi connectivity index (χ3n) is 21.7. The van der Waals surface area contributed by atoms with E-state index in [2.05, 4.69) is 74.6 Å². The van der Waals surface area contributed by atoms with Crippen molar-refractivity contribution < 1.29 is 17.6 Å². The highest BCUT2D eigenvalue weighted by molar-refractivity contribution is 6.40. The van der Waals surface area contributed by atoms with Gasteiger partial charge in [-0.2, -0.15) is 20.4 Å². The Morgan fingerprint density at radius 1 is 0.336 bits per heavy atom. The molecule has 125 heavy (non-hydrogen) atoms. The molecule has 2 atom stereocenters. The van der Waals surface area contributed by atoms with Crippen molar-refractivity contribution in [3.63, 3.8) is 0 Å². The summed E-state index contributed by atoms with van der Waals surface area (Å²) in [5.41, 5.74) is 16.8. The summed E-state index contributed by atoms with van der Waals surface area (Å²) >= 11 is 27.5. The number of fused-ring (bicyclic) bond motifs is 4. The number of rotatable bonds is 20. The molecule has 0 radical (unpaired) electrons. The van der Waals surface area contributed by atoms with Crippen LogP contribution in [0.1, 0.15) is 54.5 Å². The van der Waals surface area contributed by atoms with E-state index in [0.717, 1.165) is 103 Å². The molecule has 0 spiro atoms. The van der Waals surface area contributed by atoms with Crippen LogP contribution in [0.15, 0.2) is 255 Å². The summed E-state index contributed by atoms with van der Waals surface area (Å²) in [6.45, 7) is 9.61. The highest BCUT2D eigenvalue weighted by Crippen LogP contribution is 2.43. The second-order valence-electron chi connectivity index (χ2n) is 30.0. The predicted molar refractivity (Wildman–Crippen MR) is 497 cm³/mol. The highest BCUT2D eigenvalue weighted by atomic mass is 35.5. The molecule has 3 aliphatic heterocycles. The first-order valence-corrected chi connectivity index (χ1v) is 41.6. The van der Waals surface area contributed by atoms with E-state index in [-0.39, 0.29) is 42.7 Å².